The first kappa shape index (κ1) is 13.7. The molecule has 106 valence electrons. The molecule has 0 aliphatic heterocycles. The van der Waals surface area contributed by atoms with E-state index in [4.69, 9.17) is 11.6 Å². The molecule has 0 N–H and O–H groups in total. The van der Waals surface area contributed by atoms with Crippen molar-refractivity contribution >= 4 is 11.6 Å². The SMILES string of the molecule is CCCc1cccc(-c2nc(Cl)nc(-n3cccn3)n2)c1. The van der Waals surface area contributed by atoms with Crippen LogP contribution >= 0.6 is 11.6 Å². The lowest BCUT2D eigenvalue weighted by atomic mass is 10.1. The average Bonchev–Trinajstić information content (AvgIpc) is 3.01. The molecule has 5 nitrogen and oxygen atoms in total. The van der Waals surface area contributed by atoms with Crippen LogP contribution in [-0.2, 0) is 6.42 Å². The van der Waals surface area contributed by atoms with Crippen LogP contribution in [0.3, 0.4) is 0 Å². The summed E-state index contributed by atoms with van der Waals surface area (Å²) in [5.74, 6) is 0.967. The molecule has 1 aromatic carbocycles. The van der Waals surface area contributed by atoms with E-state index in [9.17, 15) is 0 Å². The third-order valence-electron chi connectivity index (χ3n) is 3.03. The van der Waals surface area contributed by atoms with Gasteiger partial charge < -0.3 is 0 Å². The fourth-order valence-electron chi connectivity index (χ4n) is 2.11. The molecule has 0 radical (unpaired) electrons. The maximum Gasteiger partial charge on any atom is 0.255 e. The Labute approximate surface area is 127 Å². The van der Waals surface area contributed by atoms with Crippen LogP contribution < -0.4 is 0 Å². The molecule has 3 rings (SSSR count). The van der Waals surface area contributed by atoms with Crippen LogP contribution in [0.5, 0.6) is 0 Å². The van der Waals surface area contributed by atoms with Gasteiger partial charge in [0.25, 0.3) is 5.95 Å². The summed E-state index contributed by atoms with van der Waals surface area (Å²) in [5.41, 5.74) is 2.19. The summed E-state index contributed by atoms with van der Waals surface area (Å²) in [4.78, 5) is 12.8. The van der Waals surface area contributed by atoms with Crippen molar-refractivity contribution < 1.29 is 0 Å². The molecule has 6 heteroatoms. The summed E-state index contributed by atoms with van der Waals surface area (Å²) >= 11 is 6.01. The summed E-state index contributed by atoms with van der Waals surface area (Å²) < 4.78 is 1.56. The molecule has 2 heterocycles. The number of nitrogens with zero attached hydrogens (tertiary/aromatic N) is 5. The molecule has 3 aromatic rings. The van der Waals surface area contributed by atoms with Crippen molar-refractivity contribution in [3.05, 3.63) is 53.6 Å². The topological polar surface area (TPSA) is 56.5 Å². The zero-order chi connectivity index (χ0) is 14.7. The highest BCUT2D eigenvalue weighted by atomic mass is 35.5. The van der Waals surface area contributed by atoms with E-state index >= 15 is 0 Å². The van der Waals surface area contributed by atoms with Gasteiger partial charge in [0.15, 0.2) is 5.82 Å². The van der Waals surface area contributed by atoms with Crippen molar-refractivity contribution in [3.8, 4) is 17.3 Å². The minimum absolute atomic E-state index is 0.159. The molecule has 0 atom stereocenters. The Kier molecular flexibility index (Phi) is 3.92. The predicted octanol–water partition coefficient (Wildman–Crippen LogP) is 3.33. The number of rotatable bonds is 4. The fourth-order valence-corrected chi connectivity index (χ4v) is 2.27. The predicted molar refractivity (Wildman–Crippen MR) is 81.4 cm³/mol. The molecule has 0 saturated carbocycles. The van der Waals surface area contributed by atoms with Crippen LogP contribution in [0, 0.1) is 0 Å². The maximum atomic E-state index is 6.01. The van der Waals surface area contributed by atoms with E-state index in [0.29, 0.717) is 11.8 Å². The van der Waals surface area contributed by atoms with E-state index < -0.39 is 0 Å². The lowest BCUT2D eigenvalue weighted by Gasteiger charge is -2.06. The Morgan fingerprint density at radius 2 is 2.05 bits per heavy atom. The minimum atomic E-state index is 0.159. The Hall–Kier alpha value is -2.27. The standard InChI is InChI=1S/C15H14ClN5/c1-2-5-11-6-3-7-12(10-11)13-18-14(16)20-15(19-13)21-9-4-8-17-21/h3-4,6-10H,2,5H2,1H3. The van der Waals surface area contributed by atoms with E-state index in [2.05, 4.69) is 39.1 Å². The summed E-state index contributed by atoms with van der Waals surface area (Å²) in [6.07, 6.45) is 5.56. The minimum Gasteiger partial charge on any atom is -0.206 e. The van der Waals surface area contributed by atoms with Crippen molar-refractivity contribution in [1.82, 2.24) is 24.7 Å². The number of aromatic nitrogens is 5. The summed E-state index contributed by atoms with van der Waals surface area (Å²) in [5, 5.41) is 4.27. The van der Waals surface area contributed by atoms with Crippen LogP contribution in [-0.4, -0.2) is 24.7 Å². The molecule has 0 bridgehead atoms. The highest BCUT2D eigenvalue weighted by molar-refractivity contribution is 6.28. The van der Waals surface area contributed by atoms with Gasteiger partial charge in [0, 0.05) is 18.0 Å². The Morgan fingerprint density at radius 1 is 1.14 bits per heavy atom. The summed E-state index contributed by atoms with van der Waals surface area (Å²) in [7, 11) is 0. The van der Waals surface area contributed by atoms with Gasteiger partial charge in [-0.1, -0.05) is 31.5 Å². The van der Waals surface area contributed by atoms with E-state index in [-0.39, 0.29) is 5.28 Å². The Balaban J connectivity index is 2.04. The third-order valence-corrected chi connectivity index (χ3v) is 3.20. The summed E-state index contributed by atoms with van der Waals surface area (Å²) in [6.45, 7) is 2.16. The van der Waals surface area contributed by atoms with Gasteiger partial charge >= 0.3 is 0 Å². The molecule has 0 spiro atoms. The molecule has 0 fully saturated rings. The molecule has 21 heavy (non-hydrogen) atoms. The second-order valence-corrected chi connectivity index (χ2v) is 4.97. The van der Waals surface area contributed by atoms with Crippen molar-refractivity contribution in [2.24, 2.45) is 0 Å². The van der Waals surface area contributed by atoms with Crippen LogP contribution in [0.2, 0.25) is 5.28 Å². The number of aryl methyl sites for hydroxylation is 1. The van der Waals surface area contributed by atoms with Crippen LogP contribution in [0.1, 0.15) is 18.9 Å². The second kappa shape index (κ2) is 6.01. The van der Waals surface area contributed by atoms with Crippen molar-refractivity contribution in [3.63, 3.8) is 0 Å². The molecule has 2 aromatic heterocycles. The number of hydrogen-bond donors (Lipinski definition) is 0. The van der Waals surface area contributed by atoms with E-state index in [1.54, 1.807) is 23.1 Å². The van der Waals surface area contributed by atoms with Crippen LogP contribution in [0.25, 0.3) is 17.3 Å². The van der Waals surface area contributed by atoms with Crippen LogP contribution in [0.4, 0.5) is 0 Å². The fraction of sp³-hybridized carbons (Fsp3) is 0.200. The van der Waals surface area contributed by atoms with Gasteiger partial charge in [0.05, 0.1) is 0 Å². The second-order valence-electron chi connectivity index (χ2n) is 4.63. The van der Waals surface area contributed by atoms with Gasteiger partial charge in [-0.3, -0.25) is 0 Å². The molecule has 0 aliphatic rings. The smallest absolute Gasteiger partial charge is 0.206 e. The van der Waals surface area contributed by atoms with Crippen LogP contribution in [0.15, 0.2) is 42.7 Å². The van der Waals surface area contributed by atoms with Gasteiger partial charge in [-0.15, -0.1) is 0 Å². The molecule has 0 amide bonds. The normalized spacial score (nSPS) is 10.8. The largest absolute Gasteiger partial charge is 0.255 e. The number of benzene rings is 1. The van der Waals surface area contributed by atoms with Crippen molar-refractivity contribution in [2.75, 3.05) is 0 Å². The first-order valence-corrected chi connectivity index (χ1v) is 7.15. The third kappa shape index (κ3) is 3.08. The molecular formula is C15H14ClN5. The van der Waals surface area contributed by atoms with E-state index in [0.717, 1.165) is 18.4 Å². The maximum absolute atomic E-state index is 6.01. The monoisotopic (exact) mass is 299 g/mol. The van der Waals surface area contributed by atoms with Gasteiger partial charge in [0.1, 0.15) is 0 Å². The summed E-state index contributed by atoms with van der Waals surface area (Å²) in [6, 6.07) is 9.97. The first-order valence-electron chi connectivity index (χ1n) is 6.77. The van der Waals surface area contributed by atoms with E-state index in [1.807, 2.05) is 12.1 Å². The van der Waals surface area contributed by atoms with Gasteiger partial charge in [-0.2, -0.15) is 20.1 Å². The molecular weight excluding hydrogens is 286 g/mol. The van der Waals surface area contributed by atoms with Gasteiger partial charge in [-0.05, 0) is 35.7 Å². The molecule has 0 aliphatic carbocycles. The van der Waals surface area contributed by atoms with Gasteiger partial charge in [0.2, 0.25) is 5.28 Å². The average molecular weight is 300 g/mol. The zero-order valence-corrected chi connectivity index (χ0v) is 12.3. The van der Waals surface area contributed by atoms with Gasteiger partial charge in [-0.25, -0.2) is 4.68 Å². The number of halogens is 1. The lowest BCUT2D eigenvalue weighted by Crippen LogP contribution is -2.05. The zero-order valence-electron chi connectivity index (χ0n) is 11.6. The molecule has 0 unspecified atom stereocenters. The lowest BCUT2D eigenvalue weighted by molar-refractivity contribution is 0.797. The molecule has 0 saturated heterocycles. The van der Waals surface area contributed by atoms with Crippen molar-refractivity contribution in [2.45, 2.75) is 19.8 Å². The first-order chi connectivity index (χ1) is 10.3. The number of hydrogen-bond acceptors (Lipinski definition) is 4. The highest BCUT2D eigenvalue weighted by Crippen LogP contribution is 2.19. The Morgan fingerprint density at radius 3 is 2.81 bits per heavy atom. The van der Waals surface area contributed by atoms with Crippen molar-refractivity contribution in [1.29, 1.82) is 0 Å². The Bertz CT molecular complexity index is 740. The quantitative estimate of drug-likeness (QED) is 0.741. The van der Waals surface area contributed by atoms with E-state index in [1.165, 1.54) is 5.56 Å². The highest BCUT2D eigenvalue weighted by Gasteiger charge is 2.09.